The van der Waals surface area contributed by atoms with E-state index in [9.17, 15) is 0 Å². The van der Waals surface area contributed by atoms with E-state index >= 15 is 0 Å². The van der Waals surface area contributed by atoms with Gasteiger partial charge in [0, 0.05) is 30.8 Å². The van der Waals surface area contributed by atoms with Crippen molar-refractivity contribution in [1.82, 2.24) is 9.78 Å². The first kappa shape index (κ1) is 15.8. The number of fused-ring (bicyclic) bond motifs is 1. The molecule has 1 aromatic carbocycles. The Morgan fingerprint density at radius 3 is 2.52 bits per heavy atom. The Hall–Kier alpha value is -1.43. The van der Waals surface area contributed by atoms with Crippen LogP contribution in [-0.2, 0) is 14.2 Å². The number of rotatable bonds is 2. The van der Waals surface area contributed by atoms with E-state index < -0.39 is 0 Å². The highest BCUT2D eigenvalue weighted by molar-refractivity contribution is 5.82. The summed E-state index contributed by atoms with van der Waals surface area (Å²) >= 11 is 0. The third-order valence-electron chi connectivity index (χ3n) is 6.02. The maximum absolute atomic E-state index is 6.01. The van der Waals surface area contributed by atoms with E-state index in [1.807, 2.05) is 0 Å². The molecule has 2 aliphatic heterocycles. The molecule has 3 aliphatic rings. The van der Waals surface area contributed by atoms with Crippen LogP contribution in [0.2, 0.25) is 0 Å². The van der Waals surface area contributed by atoms with Crippen LogP contribution in [0.4, 0.5) is 0 Å². The number of para-hydroxylation sites is 1. The standard InChI is InChI=1S/C20H26N2O3/c1-2-6-17-16(5-1)19(21-22(17)18-7-3-4-12-23-18)15-8-10-20(11-9-15)24-13-14-25-20/h1-2,5-6,15,18H,3-4,7-14H2. The Morgan fingerprint density at radius 2 is 1.76 bits per heavy atom. The van der Waals surface area contributed by atoms with Crippen molar-refractivity contribution in [3.63, 3.8) is 0 Å². The fourth-order valence-electron chi connectivity index (χ4n) is 4.67. The maximum atomic E-state index is 6.01. The average molecular weight is 342 g/mol. The first-order valence-electron chi connectivity index (χ1n) is 9.71. The molecule has 0 radical (unpaired) electrons. The molecule has 5 heteroatoms. The third-order valence-corrected chi connectivity index (χ3v) is 6.02. The van der Waals surface area contributed by atoms with Gasteiger partial charge in [0.2, 0.25) is 0 Å². The van der Waals surface area contributed by atoms with Gasteiger partial charge in [-0.05, 0) is 38.2 Å². The minimum Gasteiger partial charge on any atom is -0.356 e. The Morgan fingerprint density at radius 1 is 0.960 bits per heavy atom. The molecule has 5 rings (SSSR count). The van der Waals surface area contributed by atoms with Crippen LogP contribution in [-0.4, -0.2) is 35.4 Å². The molecule has 3 heterocycles. The molecule has 1 aliphatic carbocycles. The summed E-state index contributed by atoms with van der Waals surface area (Å²) in [5.41, 5.74) is 2.44. The molecule has 2 saturated heterocycles. The smallest absolute Gasteiger partial charge is 0.168 e. The van der Waals surface area contributed by atoms with Crippen LogP contribution in [0.15, 0.2) is 24.3 Å². The number of hydrogen-bond donors (Lipinski definition) is 0. The molecular formula is C20H26N2O3. The zero-order valence-corrected chi connectivity index (χ0v) is 14.7. The van der Waals surface area contributed by atoms with E-state index in [0.29, 0.717) is 5.92 Å². The lowest BCUT2D eigenvalue weighted by Crippen LogP contribution is -2.34. The molecule has 2 aromatic rings. The second-order valence-electron chi connectivity index (χ2n) is 7.55. The number of aromatic nitrogens is 2. The van der Waals surface area contributed by atoms with E-state index in [2.05, 4.69) is 28.9 Å². The molecule has 1 unspecified atom stereocenters. The second kappa shape index (κ2) is 6.38. The lowest BCUT2D eigenvalue weighted by atomic mass is 9.82. The Bertz CT molecular complexity index is 734. The fraction of sp³-hybridized carbons (Fsp3) is 0.650. The van der Waals surface area contributed by atoms with Gasteiger partial charge in [0.15, 0.2) is 12.0 Å². The summed E-state index contributed by atoms with van der Waals surface area (Å²) in [4.78, 5) is 0. The predicted octanol–water partition coefficient (Wildman–Crippen LogP) is 4.14. The van der Waals surface area contributed by atoms with Crippen LogP contribution in [0.25, 0.3) is 10.9 Å². The molecule has 3 fully saturated rings. The van der Waals surface area contributed by atoms with Crippen molar-refractivity contribution in [2.45, 2.75) is 62.9 Å². The van der Waals surface area contributed by atoms with Crippen LogP contribution in [0.5, 0.6) is 0 Å². The van der Waals surface area contributed by atoms with E-state index in [1.54, 1.807) is 0 Å². The van der Waals surface area contributed by atoms with Crippen LogP contribution in [0, 0.1) is 0 Å². The van der Waals surface area contributed by atoms with Gasteiger partial charge < -0.3 is 14.2 Å². The summed E-state index contributed by atoms with van der Waals surface area (Å²) in [5.74, 6) is 0.176. The predicted molar refractivity (Wildman–Crippen MR) is 94.4 cm³/mol. The van der Waals surface area contributed by atoms with E-state index in [4.69, 9.17) is 19.3 Å². The average Bonchev–Trinajstić information content (AvgIpc) is 3.29. The summed E-state index contributed by atoms with van der Waals surface area (Å²) in [7, 11) is 0. The zero-order valence-electron chi connectivity index (χ0n) is 14.7. The zero-order chi connectivity index (χ0) is 16.7. The van der Waals surface area contributed by atoms with E-state index in [-0.39, 0.29) is 12.0 Å². The van der Waals surface area contributed by atoms with Gasteiger partial charge in [-0.2, -0.15) is 5.10 Å². The molecule has 0 bridgehead atoms. The molecule has 134 valence electrons. The fourth-order valence-corrected chi connectivity index (χ4v) is 4.67. The molecule has 0 N–H and O–H groups in total. The summed E-state index contributed by atoms with van der Waals surface area (Å²) in [6.45, 7) is 2.32. The monoisotopic (exact) mass is 342 g/mol. The molecule has 1 atom stereocenters. The largest absolute Gasteiger partial charge is 0.356 e. The van der Waals surface area contributed by atoms with Crippen molar-refractivity contribution < 1.29 is 14.2 Å². The highest BCUT2D eigenvalue weighted by Crippen LogP contribution is 2.44. The van der Waals surface area contributed by atoms with Gasteiger partial charge in [-0.15, -0.1) is 0 Å². The Balaban J connectivity index is 1.45. The number of ether oxygens (including phenoxy) is 3. The van der Waals surface area contributed by atoms with Crippen LogP contribution < -0.4 is 0 Å². The third kappa shape index (κ3) is 2.78. The molecular weight excluding hydrogens is 316 g/mol. The lowest BCUT2D eigenvalue weighted by Gasteiger charge is -2.34. The van der Waals surface area contributed by atoms with Gasteiger partial charge in [-0.25, -0.2) is 4.68 Å². The van der Waals surface area contributed by atoms with Crippen molar-refractivity contribution >= 4 is 10.9 Å². The van der Waals surface area contributed by atoms with Crippen molar-refractivity contribution in [1.29, 1.82) is 0 Å². The van der Waals surface area contributed by atoms with Crippen LogP contribution in [0.1, 0.15) is 62.8 Å². The van der Waals surface area contributed by atoms with Gasteiger partial charge in [0.1, 0.15) is 0 Å². The maximum Gasteiger partial charge on any atom is 0.168 e. The lowest BCUT2D eigenvalue weighted by molar-refractivity contribution is -0.178. The molecule has 5 nitrogen and oxygen atoms in total. The van der Waals surface area contributed by atoms with Crippen molar-refractivity contribution in [3.8, 4) is 0 Å². The second-order valence-corrected chi connectivity index (χ2v) is 7.55. The molecule has 25 heavy (non-hydrogen) atoms. The quantitative estimate of drug-likeness (QED) is 0.823. The van der Waals surface area contributed by atoms with Crippen LogP contribution >= 0.6 is 0 Å². The summed E-state index contributed by atoms with van der Waals surface area (Å²) < 4.78 is 19.9. The molecule has 0 amide bonds. The van der Waals surface area contributed by atoms with Crippen molar-refractivity contribution in [2.75, 3.05) is 19.8 Å². The number of benzene rings is 1. The van der Waals surface area contributed by atoms with Gasteiger partial charge in [-0.1, -0.05) is 18.2 Å². The van der Waals surface area contributed by atoms with Gasteiger partial charge in [0.05, 0.1) is 24.4 Å². The first-order chi connectivity index (χ1) is 12.3. The van der Waals surface area contributed by atoms with Gasteiger partial charge >= 0.3 is 0 Å². The molecule has 1 aromatic heterocycles. The minimum atomic E-state index is -0.304. The summed E-state index contributed by atoms with van der Waals surface area (Å²) in [6, 6.07) is 8.61. The number of nitrogens with zero attached hydrogens (tertiary/aromatic N) is 2. The van der Waals surface area contributed by atoms with Crippen molar-refractivity contribution in [3.05, 3.63) is 30.0 Å². The molecule has 1 spiro atoms. The normalized spacial score (nSPS) is 27.3. The Labute approximate surface area is 148 Å². The Kier molecular flexibility index (Phi) is 4.03. The topological polar surface area (TPSA) is 45.5 Å². The van der Waals surface area contributed by atoms with E-state index in [0.717, 1.165) is 58.3 Å². The van der Waals surface area contributed by atoms with Gasteiger partial charge in [-0.3, -0.25) is 0 Å². The molecule has 1 saturated carbocycles. The van der Waals surface area contributed by atoms with Crippen LogP contribution in [0.3, 0.4) is 0 Å². The first-order valence-corrected chi connectivity index (χ1v) is 9.71. The summed E-state index contributed by atoms with van der Waals surface area (Å²) in [5, 5.41) is 6.34. The van der Waals surface area contributed by atoms with E-state index in [1.165, 1.54) is 23.0 Å². The minimum absolute atomic E-state index is 0.0869. The van der Waals surface area contributed by atoms with Crippen molar-refractivity contribution in [2.24, 2.45) is 0 Å². The highest BCUT2D eigenvalue weighted by atomic mass is 16.7. The highest BCUT2D eigenvalue weighted by Gasteiger charge is 2.41. The number of hydrogen-bond acceptors (Lipinski definition) is 4. The summed E-state index contributed by atoms with van der Waals surface area (Å²) in [6.07, 6.45) is 7.61. The van der Waals surface area contributed by atoms with Gasteiger partial charge in [0.25, 0.3) is 0 Å². The SMILES string of the molecule is c1ccc2c(c1)c(C1CCC3(CC1)OCCO3)nn2C1CCCCO1.